The molecular weight excluding hydrogens is 368 g/mol. The molecule has 0 heterocycles. The number of halogens is 1. The van der Waals surface area contributed by atoms with Crippen LogP contribution in [0.5, 0.6) is 0 Å². The van der Waals surface area contributed by atoms with Crippen molar-refractivity contribution in [3.63, 3.8) is 0 Å². The Balaban J connectivity index is 2.33. The fourth-order valence-electron chi connectivity index (χ4n) is 1.80. The van der Waals surface area contributed by atoms with Crippen molar-refractivity contribution in [3.05, 3.63) is 58.1 Å². The summed E-state index contributed by atoms with van der Waals surface area (Å²) in [6.07, 6.45) is 0. The van der Waals surface area contributed by atoms with E-state index in [4.69, 9.17) is 0 Å². The van der Waals surface area contributed by atoms with E-state index in [1.54, 1.807) is 12.1 Å². The highest BCUT2D eigenvalue weighted by Gasteiger charge is 2.17. The molecule has 0 saturated heterocycles. The van der Waals surface area contributed by atoms with Crippen LogP contribution in [0.2, 0.25) is 0 Å². The molecule has 1 amide bonds. The third kappa shape index (κ3) is 3.73. The molecule has 0 radical (unpaired) electrons. The molecule has 0 aliphatic heterocycles. The number of hydrogen-bond acceptors (Lipinski definition) is 3. The summed E-state index contributed by atoms with van der Waals surface area (Å²) in [6.45, 7) is 1.95. The van der Waals surface area contributed by atoms with Crippen molar-refractivity contribution in [1.82, 2.24) is 4.72 Å². The highest BCUT2D eigenvalue weighted by molar-refractivity contribution is 9.10. The third-order valence-corrected chi connectivity index (χ3v) is 5.17. The number of sulfonamides is 1. The first-order valence-electron chi connectivity index (χ1n) is 6.44. The maximum absolute atomic E-state index is 12.3. The standard InChI is InChI=1S/C15H15BrN2O3S/c1-10-3-5-11(6-4-10)18-15(19)13-9-12(7-8-14(13)16)22(20,21)17-2/h3-9,17H,1-2H3,(H,18,19). The summed E-state index contributed by atoms with van der Waals surface area (Å²) >= 11 is 3.27. The number of hydrogen-bond donors (Lipinski definition) is 2. The monoisotopic (exact) mass is 382 g/mol. The highest BCUT2D eigenvalue weighted by Crippen LogP contribution is 2.22. The maximum Gasteiger partial charge on any atom is 0.256 e. The van der Waals surface area contributed by atoms with E-state index >= 15 is 0 Å². The Morgan fingerprint density at radius 3 is 2.32 bits per heavy atom. The van der Waals surface area contributed by atoms with E-state index in [9.17, 15) is 13.2 Å². The summed E-state index contributed by atoms with van der Waals surface area (Å²) in [5.41, 5.74) is 1.97. The molecule has 2 N–H and O–H groups in total. The number of amides is 1. The second-order valence-electron chi connectivity index (χ2n) is 4.67. The van der Waals surface area contributed by atoms with Crippen molar-refractivity contribution < 1.29 is 13.2 Å². The van der Waals surface area contributed by atoms with Crippen LogP contribution in [-0.2, 0) is 10.0 Å². The molecule has 2 aromatic rings. The van der Waals surface area contributed by atoms with Gasteiger partial charge < -0.3 is 5.32 Å². The molecule has 0 unspecified atom stereocenters. The molecule has 0 aromatic heterocycles. The Bertz CT molecular complexity index is 802. The van der Waals surface area contributed by atoms with Gasteiger partial charge in [0.15, 0.2) is 0 Å². The van der Waals surface area contributed by atoms with E-state index in [2.05, 4.69) is 26.0 Å². The lowest BCUT2D eigenvalue weighted by Crippen LogP contribution is -2.20. The zero-order valence-corrected chi connectivity index (χ0v) is 14.5. The lowest BCUT2D eigenvalue weighted by molar-refractivity contribution is 0.102. The van der Waals surface area contributed by atoms with Crippen LogP contribution in [0, 0.1) is 6.92 Å². The van der Waals surface area contributed by atoms with Gasteiger partial charge in [-0.05, 0) is 60.2 Å². The Labute approximate surface area is 137 Å². The molecule has 7 heteroatoms. The first-order chi connectivity index (χ1) is 10.3. The Kier molecular flexibility index (Phi) is 5.00. The molecule has 0 fully saturated rings. The lowest BCUT2D eigenvalue weighted by atomic mass is 10.2. The van der Waals surface area contributed by atoms with Crippen LogP contribution in [0.25, 0.3) is 0 Å². The van der Waals surface area contributed by atoms with Crippen molar-refractivity contribution in [1.29, 1.82) is 0 Å². The molecule has 0 spiro atoms. The molecule has 116 valence electrons. The largest absolute Gasteiger partial charge is 0.322 e. The van der Waals surface area contributed by atoms with Gasteiger partial charge in [-0.25, -0.2) is 13.1 Å². The minimum absolute atomic E-state index is 0.0345. The molecular formula is C15H15BrN2O3S. The number of benzene rings is 2. The summed E-state index contributed by atoms with van der Waals surface area (Å²) in [5.74, 6) is -0.385. The molecule has 0 bridgehead atoms. The van der Waals surface area contributed by atoms with Gasteiger partial charge in [-0.15, -0.1) is 0 Å². The van der Waals surface area contributed by atoms with Crippen molar-refractivity contribution >= 4 is 37.5 Å². The average Bonchev–Trinajstić information content (AvgIpc) is 2.49. The van der Waals surface area contributed by atoms with Gasteiger partial charge in [0.25, 0.3) is 5.91 Å². The predicted molar refractivity (Wildman–Crippen MR) is 89.5 cm³/mol. The first-order valence-corrected chi connectivity index (χ1v) is 8.72. The second kappa shape index (κ2) is 6.60. The van der Waals surface area contributed by atoms with Crippen molar-refractivity contribution in [3.8, 4) is 0 Å². The molecule has 5 nitrogen and oxygen atoms in total. The third-order valence-electron chi connectivity index (χ3n) is 3.07. The molecule has 0 aliphatic carbocycles. The lowest BCUT2D eigenvalue weighted by Gasteiger charge is -2.09. The molecule has 0 aliphatic rings. The molecule has 0 atom stereocenters. The summed E-state index contributed by atoms with van der Waals surface area (Å²) in [6, 6.07) is 11.6. The quantitative estimate of drug-likeness (QED) is 0.853. The SMILES string of the molecule is CNS(=O)(=O)c1ccc(Br)c(C(=O)Nc2ccc(C)cc2)c1. The van der Waals surface area contributed by atoms with Crippen LogP contribution >= 0.6 is 15.9 Å². The summed E-state index contributed by atoms with van der Waals surface area (Å²) < 4.78 is 26.4. The van der Waals surface area contributed by atoms with E-state index in [1.165, 1.54) is 25.2 Å². The van der Waals surface area contributed by atoms with E-state index < -0.39 is 10.0 Å². The van der Waals surface area contributed by atoms with Crippen LogP contribution in [-0.4, -0.2) is 21.4 Å². The van der Waals surface area contributed by atoms with E-state index in [0.717, 1.165) is 5.56 Å². The molecule has 2 aromatic carbocycles. The zero-order valence-electron chi connectivity index (χ0n) is 12.1. The number of anilines is 1. The van der Waals surface area contributed by atoms with E-state index in [0.29, 0.717) is 10.2 Å². The van der Waals surface area contributed by atoms with Crippen molar-refractivity contribution in [2.24, 2.45) is 0 Å². The predicted octanol–water partition coefficient (Wildman–Crippen LogP) is 2.92. The average molecular weight is 383 g/mol. The number of aryl methyl sites for hydroxylation is 1. The Morgan fingerprint density at radius 2 is 1.73 bits per heavy atom. The fourth-order valence-corrected chi connectivity index (χ4v) is 2.98. The molecule has 22 heavy (non-hydrogen) atoms. The van der Waals surface area contributed by atoms with Gasteiger partial charge in [-0.1, -0.05) is 17.7 Å². The second-order valence-corrected chi connectivity index (χ2v) is 7.41. The van der Waals surface area contributed by atoms with Crippen LogP contribution in [0.3, 0.4) is 0 Å². The minimum Gasteiger partial charge on any atom is -0.322 e. The van der Waals surface area contributed by atoms with Gasteiger partial charge in [0, 0.05) is 10.2 Å². The Hall–Kier alpha value is -1.70. The summed E-state index contributed by atoms with van der Waals surface area (Å²) in [7, 11) is -2.28. The van der Waals surface area contributed by atoms with Gasteiger partial charge in [0.1, 0.15) is 0 Å². The topological polar surface area (TPSA) is 75.3 Å². The van der Waals surface area contributed by atoms with Crippen LogP contribution < -0.4 is 10.0 Å². The van der Waals surface area contributed by atoms with Gasteiger partial charge >= 0.3 is 0 Å². The normalized spacial score (nSPS) is 11.2. The zero-order chi connectivity index (χ0) is 16.3. The number of rotatable bonds is 4. The number of carbonyl (C=O) groups is 1. The van der Waals surface area contributed by atoms with Crippen LogP contribution in [0.4, 0.5) is 5.69 Å². The fraction of sp³-hybridized carbons (Fsp3) is 0.133. The summed E-state index contributed by atoms with van der Waals surface area (Å²) in [4.78, 5) is 12.4. The maximum atomic E-state index is 12.3. The molecule has 2 rings (SSSR count). The first kappa shape index (κ1) is 16.7. The summed E-state index contributed by atoms with van der Waals surface area (Å²) in [5, 5.41) is 2.74. The minimum atomic E-state index is -3.60. The molecule has 0 saturated carbocycles. The van der Waals surface area contributed by atoms with Gasteiger partial charge in [0.05, 0.1) is 10.5 Å². The van der Waals surface area contributed by atoms with Crippen LogP contribution in [0.15, 0.2) is 51.8 Å². The smallest absolute Gasteiger partial charge is 0.256 e. The van der Waals surface area contributed by atoms with Gasteiger partial charge in [-0.3, -0.25) is 4.79 Å². The number of carbonyl (C=O) groups excluding carboxylic acids is 1. The van der Waals surface area contributed by atoms with Gasteiger partial charge in [0.2, 0.25) is 10.0 Å². The highest BCUT2D eigenvalue weighted by atomic mass is 79.9. The van der Waals surface area contributed by atoms with Gasteiger partial charge in [-0.2, -0.15) is 0 Å². The number of nitrogens with one attached hydrogen (secondary N) is 2. The van der Waals surface area contributed by atoms with Crippen LogP contribution in [0.1, 0.15) is 15.9 Å². The van der Waals surface area contributed by atoms with E-state index in [-0.39, 0.29) is 16.4 Å². The van der Waals surface area contributed by atoms with E-state index in [1.807, 2.05) is 19.1 Å². The van der Waals surface area contributed by atoms with Crippen molar-refractivity contribution in [2.75, 3.05) is 12.4 Å². The van der Waals surface area contributed by atoms with Crippen molar-refractivity contribution in [2.45, 2.75) is 11.8 Å². The Morgan fingerprint density at radius 1 is 1.09 bits per heavy atom.